The first kappa shape index (κ1) is 25.4. The quantitative estimate of drug-likeness (QED) is 0.360. The molecule has 3 amide bonds. The molecule has 13 nitrogen and oxygen atoms in total. The van der Waals surface area contributed by atoms with Crippen LogP contribution in [0, 0.1) is 0 Å². The molecule has 0 bridgehead atoms. The second kappa shape index (κ2) is 9.11. The van der Waals surface area contributed by atoms with Gasteiger partial charge in [0.15, 0.2) is 23.7 Å². The normalized spacial score (nSPS) is 35.8. The number of carbonyl (C=O) groups is 3. The van der Waals surface area contributed by atoms with E-state index in [4.69, 9.17) is 16.2 Å². The van der Waals surface area contributed by atoms with Crippen molar-refractivity contribution < 1.29 is 24.2 Å². The van der Waals surface area contributed by atoms with Crippen LogP contribution >= 0.6 is 0 Å². The van der Waals surface area contributed by atoms with Gasteiger partial charge in [0, 0.05) is 31.8 Å². The molecule has 5 aliphatic rings. The van der Waals surface area contributed by atoms with E-state index < -0.39 is 35.5 Å². The summed E-state index contributed by atoms with van der Waals surface area (Å²) in [6, 6.07) is 8.55. The van der Waals surface area contributed by atoms with E-state index in [2.05, 4.69) is 27.4 Å². The number of carbonyl (C=O) groups excluding carboxylic acids is 3. The first-order chi connectivity index (χ1) is 18.6. The molecule has 39 heavy (non-hydrogen) atoms. The highest BCUT2D eigenvalue weighted by molar-refractivity contribution is 6.02. The van der Waals surface area contributed by atoms with E-state index in [1.165, 1.54) is 5.56 Å². The van der Waals surface area contributed by atoms with Crippen LogP contribution in [0.1, 0.15) is 44.1 Å². The Morgan fingerprint density at radius 3 is 2.59 bits per heavy atom. The van der Waals surface area contributed by atoms with E-state index in [0.29, 0.717) is 13.1 Å². The summed E-state index contributed by atoms with van der Waals surface area (Å²) in [5, 5.41) is 15.1. The molecule has 0 saturated carbocycles. The van der Waals surface area contributed by atoms with Gasteiger partial charge in [-0.25, -0.2) is 14.8 Å². The molecule has 5 heterocycles. The Balaban J connectivity index is 1.23. The fourth-order valence-corrected chi connectivity index (χ4v) is 6.80. The van der Waals surface area contributed by atoms with Crippen molar-refractivity contribution in [1.29, 1.82) is 0 Å². The minimum Gasteiger partial charge on any atom is -0.441 e. The SMILES string of the molecule is C[C@]1(O)[C@@H](OC(=O)N2CCCC(c3ccccc3)C2)CN2C(N)=N[C@@H](CN3C(=O)CCC3=O)C3N=C(N)NC321. The number of aliphatic hydroxyl groups is 1. The van der Waals surface area contributed by atoms with Gasteiger partial charge >= 0.3 is 6.09 Å². The van der Waals surface area contributed by atoms with Gasteiger partial charge in [-0.3, -0.25) is 14.5 Å². The molecule has 5 aliphatic heterocycles. The fourth-order valence-electron chi connectivity index (χ4n) is 6.80. The summed E-state index contributed by atoms with van der Waals surface area (Å²) in [5.41, 5.74) is 10.6. The fraction of sp³-hybridized carbons (Fsp3) is 0.577. The Morgan fingerprint density at radius 2 is 1.87 bits per heavy atom. The molecule has 0 radical (unpaired) electrons. The number of hydrogen-bond acceptors (Lipinski definition) is 11. The topological polar surface area (TPSA) is 179 Å². The maximum absolute atomic E-state index is 13.4. The maximum atomic E-state index is 13.4. The van der Waals surface area contributed by atoms with Gasteiger partial charge in [-0.15, -0.1) is 0 Å². The smallest absolute Gasteiger partial charge is 0.410 e. The Labute approximate surface area is 225 Å². The van der Waals surface area contributed by atoms with Crippen molar-refractivity contribution in [3.8, 4) is 0 Å². The van der Waals surface area contributed by atoms with Crippen LogP contribution in [-0.2, 0) is 14.3 Å². The van der Waals surface area contributed by atoms with Crippen LogP contribution in [0.5, 0.6) is 0 Å². The summed E-state index contributed by atoms with van der Waals surface area (Å²) in [7, 11) is 0. The minimum absolute atomic E-state index is 0.0354. The highest BCUT2D eigenvalue weighted by atomic mass is 16.6. The largest absolute Gasteiger partial charge is 0.441 e. The van der Waals surface area contributed by atoms with Crippen LogP contribution < -0.4 is 16.8 Å². The molecule has 6 rings (SSSR count). The molecule has 1 aromatic carbocycles. The molecule has 1 spiro atoms. The van der Waals surface area contributed by atoms with E-state index in [-0.39, 0.29) is 55.6 Å². The first-order valence-electron chi connectivity index (χ1n) is 13.4. The van der Waals surface area contributed by atoms with Crippen molar-refractivity contribution in [2.75, 3.05) is 26.2 Å². The number of amides is 3. The predicted octanol–water partition coefficient (Wildman–Crippen LogP) is -0.733. The number of nitrogens with two attached hydrogens (primary N) is 2. The zero-order chi connectivity index (χ0) is 27.5. The Morgan fingerprint density at radius 1 is 1.15 bits per heavy atom. The highest BCUT2D eigenvalue weighted by Gasteiger charge is 2.72. The Hall–Kier alpha value is -3.87. The van der Waals surface area contributed by atoms with Gasteiger partial charge in [0.2, 0.25) is 11.8 Å². The predicted molar refractivity (Wildman–Crippen MR) is 140 cm³/mol. The third-order valence-electron chi connectivity index (χ3n) is 8.85. The molecule has 13 heteroatoms. The molecular weight excluding hydrogens is 504 g/mol. The number of piperidine rings is 1. The van der Waals surface area contributed by atoms with Crippen LogP contribution in [0.25, 0.3) is 0 Å². The molecule has 6 N–H and O–H groups in total. The number of aliphatic imine (C=N–C) groups is 2. The first-order valence-corrected chi connectivity index (χ1v) is 13.4. The second-order valence-electron chi connectivity index (χ2n) is 11.1. The lowest BCUT2D eigenvalue weighted by atomic mass is 9.79. The number of imide groups is 1. The Bertz CT molecular complexity index is 1240. The summed E-state index contributed by atoms with van der Waals surface area (Å²) >= 11 is 0. The number of guanidine groups is 2. The van der Waals surface area contributed by atoms with Crippen LogP contribution in [0.15, 0.2) is 40.3 Å². The molecular formula is C26H34N8O5. The number of nitrogens with zero attached hydrogens (tertiary/aromatic N) is 5. The molecule has 3 saturated heterocycles. The molecule has 6 atom stereocenters. The number of nitrogens with one attached hydrogen (secondary N) is 1. The molecule has 0 aromatic heterocycles. The molecule has 3 unspecified atom stereocenters. The van der Waals surface area contributed by atoms with Gasteiger partial charge in [0.1, 0.15) is 11.6 Å². The van der Waals surface area contributed by atoms with Crippen LogP contribution in [-0.4, -0.2) is 105 Å². The van der Waals surface area contributed by atoms with Gasteiger partial charge in [-0.1, -0.05) is 30.3 Å². The van der Waals surface area contributed by atoms with Crippen molar-refractivity contribution >= 4 is 29.8 Å². The van der Waals surface area contributed by atoms with Crippen molar-refractivity contribution in [2.24, 2.45) is 21.5 Å². The van der Waals surface area contributed by atoms with Gasteiger partial charge < -0.3 is 36.4 Å². The molecule has 208 valence electrons. The van der Waals surface area contributed by atoms with Crippen molar-refractivity contribution in [1.82, 2.24) is 20.0 Å². The third-order valence-corrected chi connectivity index (χ3v) is 8.85. The lowest BCUT2D eigenvalue weighted by Gasteiger charge is -2.50. The van der Waals surface area contributed by atoms with E-state index in [9.17, 15) is 19.5 Å². The number of hydrogen-bond donors (Lipinski definition) is 4. The van der Waals surface area contributed by atoms with Crippen molar-refractivity contribution in [2.45, 2.75) is 68.0 Å². The summed E-state index contributed by atoms with van der Waals surface area (Å²) in [6.45, 7) is 2.67. The molecule has 3 fully saturated rings. The zero-order valence-electron chi connectivity index (χ0n) is 21.8. The number of benzene rings is 1. The van der Waals surface area contributed by atoms with Gasteiger partial charge in [-0.05, 0) is 25.3 Å². The van der Waals surface area contributed by atoms with Crippen LogP contribution in [0.2, 0.25) is 0 Å². The monoisotopic (exact) mass is 538 g/mol. The second-order valence-corrected chi connectivity index (χ2v) is 11.1. The van der Waals surface area contributed by atoms with Crippen molar-refractivity contribution in [3.05, 3.63) is 35.9 Å². The van der Waals surface area contributed by atoms with Crippen LogP contribution in [0.3, 0.4) is 0 Å². The average molecular weight is 539 g/mol. The molecule has 0 aliphatic carbocycles. The minimum atomic E-state index is -1.70. The lowest BCUT2D eigenvalue weighted by Crippen LogP contribution is -2.77. The lowest BCUT2D eigenvalue weighted by molar-refractivity contribution is -0.139. The average Bonchev–Trinajstić information content (AvgIpc) is 3.52. The molecule has 1 aromatic rings. The van der Waals surface area contributed by atoms with E-state index in [1.807, 2.05) is 18.2 Å². The van der Waals surface area contributed by atoms with E-state index in [0.717, 1.165) is 17.7 Å². The number of ether oxygens (including phenoxy) is 1. The van der Waals surface area contributed by atoms with Gasteiger partial charge in [0.05, 0.1) is 19.1 Å². The standard InChI is InChI=1S/C26H34N8O5/c1-25(38)18(39-24(37)32-11-5-8-16(12-32)15-6-3-2-4-7-15)14-34-23(28)29-17(13-33-19(35)9-10-20(33)36)21-26(25,34)31-22(27)30-21/h2-4,6-7,16-18,21,38H,5,8-14H2,1H3,(H2,28,29)(H3,27,30,31)/t16?,17-,18-,21?,25-,26?/m0/s1. The van der Waals surface area contributed by atoms with Gasteiger partial charge in [-0.2, -0.15) is 0 Å². The van der Waals surface area contributed by atoms with E-state index in [1.54, 1.807) is 16.7 Å². The number of rotatable bonds is 4. The summed E-state index contributed by atoms with van der Waals surface area (Å²) in [6.07, 6.45) is 0.614. The highest BCUT2D eigenvalue weighted by Crippen LogP contribution is 2.47. The summed E-state index contributed by atoms with van der Waals surface area (Å²) in [4.78, 5) is 51.6. The Kier molecular flexibility index (Phi) is 5.93. The van der Waals surface area contributed by atoms with Crippen LogP contribution in [0.4, 0.5) is 4.79 Å². The maximum Gasteiger partial charge on any atom is 0.410 e. The summed E-state index contributed by atoms with van der Waals surface area (Å²) < 4.78 is 5.97. The van der Waals surface area contributed by atoms with E-state index >= 15 is 0 Å². The number of likely N-dealkylation sites (tertiary alicyclic amines) is 2. The van der Waals surface area contributed by atoms with Gasteiger partial charge in [0.25, 0.3) is 0 Å². The third kappa shape index (κ3) is 3.89. The van der Waals surface area contributed by atoms with Crippen molar-refractivity contribution in [3.63, 3.8) is 0 Å². The summed E-state index contributed by atoms with van der Waals surface area (Å²) in [5.74, 6) is -0.223. The zero-order valence-corrected chi connectivity index (χ0v) is 21.8.